The molecule has 1 aromatic carbocycles. The number of anilines is 1. The largest absolute Gasteiger partial charge is 0.327 e. The standard InChI is InChI=1S/C15H19ClN4O/c1-15(2,3)11(17)8-12(21)20-14-13(16)18-9-6-4-5-7-10(9)19-14/h4-7,11H,8,17H2,1-3H3,(H,19,20,21). The molecule has 0 saturated carbocycles. The third kappa shape index (κ3) is 3.89. The maximum atomic E-state index is 12.0. The van der Waals surface area contributed by atoms with E-state index in [4.69, 9.17) is 17.3 Å². The van der Waals surface area contributed by atoms with Crippen molar-refractivity contribution in [1.82, 2.24) is 9.97 Å². The van der Waals surface area contributed by atoms with Gasteiger partial charge in [0.2, 0.25) is 5.91 Å². The summed E-state index contributed by atoms with van der Waals surface area (Å²) in [5, 5.41) is 2.85. The first-order valence-corrected chi connectivity index (χ1v) is 7.13. The van der Waals surface area contributed by atoms with Crippen molar-refractivity contribution in [2.75, 3.05) is 5.32 Å². The van der Waals surface area contributed by atoms with E-state index in [2.05, 4.69) is 15.3 Å². The fraction of sp³-hybridized carbons (Fsp3) is 0.400. The second kappa shape index (κ2) is 5.95. The zero-order valence-corrected chi connectivity index (χ0v) is 13.1. The van der Waals surface area contributed by atoms with Crippen molar-refractivity contribution in [2.45, 2.75) is 33.2 Å². The second-order valence-electron chi connectivity index (χ2n) is 6.08. The lowest BCUT2D eigenvalue weighted by atomic mass is 9.85. The van der Waals surface area contributed by atoms with E-state index in [1.807, 2.05) is 45.0 Å². The van der Waals surface area contributed by atoms with Gasteiger partial charge in [0.05, 0.1) is 11.0 Å². The van der Waals surface area contributed by atoms with Crippen molar-refractivity contribution in [3.63, 3.8) is 0 Å². The molecule has 2 rings (SSSR count). The molecule has 1 aromatic heterocycles. The van der Waals surface area contributed by atoms with Gasteiger partial charge in [0, 0.05) is 12.5 Å². The zero-order chi connectivity index (χ0) is 15.6. The molecule has 3 N–H and O–H groups in total. The van der Waals surface area contributed by atoms with Crippen LogP contribution in [0.5, 0.6) is 0 Å². The normalized spacial score (nSPS) is 13.2. The van der Waals surface area contributed by atoms with Gasteiger partial charge in [0.15, 0.2) is 11.0 Å². The highest BCUT2D eigenvalue weighted by Gasteiger charge is 2.23. The highest BCUT2D eigenvalue weighted by Crippen LogP contribution is 2.23. The van der Waals surface area contributed by atoms with Gasteiger partial charge >= 0.3 is 0 Å². The fourth-order valence-electron chi connectivity index (χ4n) is 1.75. The van der Waals surface area contributed by atoms with E-state index in [9.17, 15) is 4.79 Å². The van der Waals surface area contributed by atoms with Crippen LogP contribution in [0.4, 0.5) is 5.82 Å². The van der Waals surface area contributed by atoms with Crippen LogP contribution in [0, 0.1) is 5.41 Å². The predicted molar refractivity (Wildman–Crippen MR) is 85.2 cm³/mol. The van der Waals surface area contributed by atoms with Crippen LogP contribution < -0.4 is 11.1 Å². The van der Waals surface area contributed by atoms with Crippen molar-refractivity contribution < 1.29 is 4.79 Å². The highest BCUT2D eigenvalue weighted by atomic mass is 35.5. The first kappa shape index (κ1) is 15.7. The number of amides is 1. The Bertz CT molecular complexity index is 666. The number of nitrogens with one attached hydrogen (secondary N) is 1. The summed E-state index contributed by atoms with van der Waals surface area (Å²) >= 11 is 6.05. The number of nitrogens with two attached hydrogens (primary N) is 1. The molecule has 1 unspecified atom stereocenters. The number of fused-ring (bicyclic) bond motifs is 1. The molecule has 0 fully saturated rings. The number of carbonyl (C=O) groups is 1. The summed E-state index contributed by atoms with van der Waals surface area (Å²) in [6.45, 7) is 5.98. The number of hydrogen-bond acceptors (Lipinski definition) is 4. The van der Waals surface area contributed by atoms with Crippen LogP contribution in [-0.4, -0.2) is 21.9 Å². The topological polar surface area (TPSA) is 80.9 Å². The summed E-state index contributed by atoms with van der Waals surface area (Å²) in [4.78, 5) is 20.6. The number of aromatic nitrogens is 2. The molecule has 0 radical (unpaired) electrons. The molecule has 1 heterocycles. The number of carbonyl (C=O) groups excluding carboxylic acids is 1. The Morgan fingerprint density at radius 2 is 1.86 bits per heavy atom. The molecule has 21 heavy (non-hydrogen) atoms. The molecule has 5 nitrogen and oxygen atoms in total. The molecule has 112 valence electrons. The van der Waals surface area contributed by atoms with Crippen LogP contribution >= 0.6 is 11.6 Å². The smallest absolute Gasteiger partial charge is 0.227 e. The van der Waals surface area contributed by atoms with Gasteiger partial charge in [0.25, 0.3) is 0 Å². The molecule has 1 amide bonds. The maximum absolute atomic E-state index is 12.0. The quantitative estimate of drug-likeness (QED) is 0.913. The Hall–Kier alpha value is -1.72. The lowest BCUT2D eigenvalue weighted by Gasteiger charge is -2.26. The monoisotopic (exact) mass is 306 g/mol. The minimum Gasteiger partial charge on any atom is -0.327 e. The number of halogens is 1. The van der Waals surface area contributed by atoms with E-state index in [1.165, 1.54) is 0 Å². The molecule has 1 atom stereocenters. The Kier molecular flexibility index (Phi) is 4.44. The van der Waals surface area contributed by atoms with E-state index in [0.29, 0.717) is 11.0 Å². The van der Waals surface area contributed by atoms with Crippen molar-refractivity contribution in [3.05, 3.63) is 29.4 Å². The molecular formula is C15H19ClN4O. The van der Waals surface area contributed by atoms with Crippen LogP contribution in [0.2, 0.25) is 5.15 Å². The van der Waals surface area contributed by atoms with Crippen LogP contribution in [0.25, 0.3) is 11.0 Å². The van der Waals surface area contributed by atoms with E-state index in [1.54, 1.807) is 0 Å². The summed E-state index contributed by atoms with van der Waals surface area (Å²) in [6, 6.07) is 7.09. The minimum absolute atomic E-state index is 0.143. The third-order valence-electron chi connectivity index (χ3n) is 3.30. The van der Waals surface area contributed by atoms with Gasteiger partial charge in [-0.3, -0.25) is 4.79 Å². The van der Waals surface area contributed by atoms with Gasteiger partial charge in [-0.15, -0.1) is 0 Å². The van der Waals surface area contributed by atoms with Gasteiger partial charge < -0.3 is 11.1 Å². The number of para-hydroxylation sites is 2. The Morgan fingerprint density at radius 1 is 1.29 bits per heavy atom. The molecule has 0 aliphatic rings. The van der Waals surface area contributed by atoms with Gasteiger partial charge in [-0.2, -0.15) is 0 Å². The van der Waals surface area contributed by atoms with Crippen molar-refractivity contribution >= 4 is 34.4 Å². The fourth-order valence-corrected chi connectivity index (χ4v) is 1.93. The molecule has 2 aromatic rings. The SMILES string of the molecule is CC(C)(C)C(N)CC(=O)Nc1nc2ccccc2nc1Cl. The molecule has 0 aliphatic heterocycles. The summed E-state index contributed by atoms with van der Waals surface area (Å²) in [6.07, 6.45) is 0.203. The van der Waals surface area contributed by atoms with Crippen LogP contribution in [-0.2, 0) is 4.79 Å². The minimum atomic E-state index is -0.246. The molecular weight excluding hydrogens is 288 g/mol. The lowest BCUT2D eigenvalue weighted by Crippen LogP contribution is -2.38. The van der Waals surface area contributed by atoms with Gasteiger partial charge in [-0.05, 0) is 17.5 Å². The van der Waals surface area contributed by atoms with Gasteiger partial charge in [0.1, 0.15) is 0 Å². The maximum Gasteiger partial charge on any atom is 0.227 e. The lowest BCUT2D eigenvalue weighted by molar-refractivity contribution is -0.117. The molecule has 0 bridgehead atoms. The zero-order valence-electron chi connectivity index (χ0n) is 12.4. The predicted octanol–water partition coefficient (Wildman–Crippen LogP) is 2.99. The molecule has 0 spiro atoms. The number of nitrogens with zero attached hydrogens (tertiary/aromatic N) is 2. The number of benzene rings is 1. The summed E-state index contributed by atoms with van der Waals surface area (Å²) in [7, 11) is 0. The summed E-state index contributed by atoms with van der Waals surface area (Å²) in [5.41, 5.74) is 7.23. The van der Waals surface area contributed by atoms with Crippen molar-refractivity contribution in [2.24, 2.45) is 11.1 Å². The Balaban J connectivity index is 2.16. The summed E-state index contributed by atoms with van der Waals surface area (Å²) in [5.74, 6) is 0.0466. The highest BCUT2D eigenvalue weighted by molar-refractivity contribution is 6.32. The Morgan fingerprint density at radius 3 is 2.43 bits per heavy atom. The molecule has 6 heteroatoms. The van der Waals surface area contributed by atoms with Crippen LogP contribution in [0.3, 0.4) is 0 Å². The van der Waals surface area contributed by atoms with Gasteiger partial charge in [-0.1, -0.05) is 44.5 Å². The molecule has 0 saturated heterocycles. The van der Waals surface area contributed by atoms with Crippen molar-refractivity contribution in [1.29, 1.82) is 0 Å². The van der Waals surface area contributed by atoms with E-state index in [-0.39, 0.29) is 34.8 Å². The van der Waals surface area contributed by atoms with Crippen molar-refractivity contribution in [3.8, 4) is 0 Å². The average molecular weight is 307 g/mol. The van der Waals surface area contributed by atoms with E-state index >= 15 is 0 Å². The molecule has 0 aliphatic carbocycles. The first-order chi connectivity index (χ1) is 9.77. The van der Waals surface area contributed by atoms with E-state index < -0.39 is 0 Å². The number of rotatable bonds is 3. The van der Waals surface area contributed by atoms with Gasteiger partial charge in [-0.25, -0.2) is 9.97 Å². The van der Waals surface area contributed by atoms with E-state index in [0.717, 1.165) is 0 Å². The average Bonchev–Trinajstić information content (AvgIpc) is 2.38. The second-order valence-corrected chi connectivity index (χ2v) is 6.43. The number of hydrogen-bond donors (Lipinski definition) is 2. The Labute approximate surface area is 128 Å². The van der Waals surface area contributed by atoms with Crippen LogP contribution in [0.15, 0.2) is 24.3 Å². The first-order valence-electron chi connectivity index (χ1n) is 6.75. The third-order valence-corrected chi connectivity index (χ3v) is 3.57. The van der Waals surface area contributed by atoms with Crippen LogP contribution in [0.1, 0.15) is 27.2 Å². The summed E-state index contributed by atoms with van der Waals surface area (Å²) < 4.78 is 0.